The molecule has 0 spiro atoms. The molecule has 0 radical (unpaired) electrons. The van der Waals surface area contributed by atoms with Gasteiger partial charge in [0.1, 0.15) is 0 Å². The molecule has 2 N–H and O–H groups in total. The van der Waals surface area contributed by atoms with Crippen molar-refractivity contribution in [3.63, 3.8) is 0 Å². The molecule has 0 fully saturated rings. The largest absolute Gasteiger partial charge is 0.481 e. The van der Waals surface area contributed by atoms with Crippen molar-refractivity contribution in [2.45, 2.75) is 19.8 Å². The lowest BCUT2D eigenvalue weighted by atomic mass is 10.1. The van der Waals surface area contributed by atoms with Crippen LogP contribution in [-0.4, -0.2) is 23.5 Å². The first-order valence-corrected chi connectivity index (χ1v) is 6.06. The van der Waals surface area contributed by atoms with Crippen LogP contribution >= 0.6 is 15.9 Å². The van der Waals surface area contributed by atoms with Gasteiger partial charge >= 0.3 is 5.97 Å². The number of aryl methyl sites for hydroxylation is 1. The Balaban J connectivity index is 2.50. The van der Waals surface area contributed by atoms with Crippen molar-refractivity contribution in [3.8, 4) is 0 Å². The van der Waals surface area contributed by atoms with Crippen LogP contribution in [0, 0.1) is 6.92 Å². The predicted molar refractivity (Wildman–Crippen MR) is 68.1 cm³/mol. The third-order valence-corrected chi connectivity index (χ3v) is 2.88. The van der Waals surface area contributed by atoms with E-state index in [0.29, 0.717) is 18.5 Å². The van der Waals surface area contributed by atoms with Gasteiger partial charge in [-0.25, -0.2) is 0 Å². The molecule has 1 aromatic carbocycles. The monoisotopic (exact) mass is 299 g/mol. The number of rotatable bonds is 5. The standard InChI is InChI=1S/C12H14BrNO3/c1-8-4-5-9(10(13)7-8)12(17)14-6-2-3-11(15)16/h4-5,7H,2-3,6H2,1H3,(H,14,17)(H,15,16). The van der Waals surface area contributed by atoms with Crippen molar-refractivity contribution >= 4 is 27.8 Å². The van der Waals surface area contributed by atoms with Crippen molar-refractivity contribution in [2.24, 2.45) is 0 Å². The summed E-state index contributed by atoms with van der Waals surface area (Å²) in [6, 6.07) is 5.47. The van der Waals surface area contributed by atoms with Gasteiger partial charge < -0.3 is 10.4 Å². The summed E-state index contributed by atoms with van der Waals surface area (Å²) in [6.07, 6.45) is 0.500. The van der Waals surface area contributed by atoms with Crippen molar-refractivity contribution in [1.29, 1.82) is 0 Å². The van der Waals surface area contributed by atoms with E-state index in [2.05, 4.69) is 21.2 Å². The molecule has 5 heteroatoms. The molecule has 1 aromatic rings. The average Bonchev–Trinajstić information content (AvgIpc) is 2.23. The van der Waals surface area contributed by atoms with Gasteiger partial charge in [0, 0.05) is 17.4 Å². The highest BCUT2D eigenvalue weighted by Crippen LogP contribution is 2.18. The van der Waals surface area contributed by atoms with Gasteiger partial charge in [-0.1, -0.05) is 6.07 Å². The summed E-state index contributed by atoms with van der Waals surface area (Å²) < 4.78 is 0.744. The number of aliphatic carboxylic acids is 1. The zero-order valence-electron chi connectivity index (χ0n) is 9.50. The van der Waals surface area contributed by atoms with Gasteiger partial charge in [-0.05, 0) is 47.0 Å². The fourth-order valence-electron chi connectivity index (χ4n) is 1.34. The van der Waals surface area contributed by atoms with Crippen molar-refractivity contribution in [2.75, 3.05) is 6.54 Å². The number of amides is 1. The lowest BCUT2D eigenvalue weighted by Gasteiger charge is -2.06. The lowest BCUT2D eigenvalue weighted by molar-refractivity contribution is -0.137. The van der Waals surface area contributed by atoms with Gasteiger partial charge in [-0.15, -0.1) is 0 Å². The van der Waals surface area contributed by atoms with Crippen LogP contribution in [0.3, 0.4) is 0 Å². The molecule has 0 unspecified atom stereocenters. The second-order valence-corrected chi connectivity index (χ2v) is 4.59. The van der Waals surface area contributed by atoms with Crippen LogP contribution in [0.5, 0.6) is 0 Å². The van der Waals surface area contributed by atoms with Crippen LogP contribution in [0.4, 0.5) is 0 Å². The smallest absolute Gasteiger partial charge is 0.303 e. The molecule has 0 bridgehead atoms. The Hall–Kier alpha value is -1.36. The van der Waals surface area contributed by atoms with Gasteiger partial charge in [-0.3, -0.25) is 9.59 Å². The number of carboxylic acid groups (broad SMARTS) is 1. The highest BCUT2D eigenvalue weighted by atomic mass is 79.9. The summed E-state index contributed by atoms with van der Waals surface area (Å²) in [5.74, 6) is -1.04. The van der Waals surface area contributed by atoms with Gasteiger partial charge in [-0.2, -0.15) is 0 Å². The first-order chi connectivity index (χ1) is 8.00. The van der Waals surface area contributed by atoms with E-state index in [4.69, 9.17) is 5.11 Å². The molecule has 0 aliphatic carbocycles. The summed E-state index contributed by atoms with van der Waals surface area (Å²) in [5.41, 5.74) is 1.63. The topological polar surface area (TPSA) is 66.4 Å². The van der Waals surface area contributed by atoms with E-state index >= 15 is 0 Å². The molecule has 17 heavy (non-hydrogen) atoms. The lowest BCUT2D eigenvalue weighted by Crippen LogP contribution is -2.25. The third kappa shape index (κ3) is 4.56. The zero-order chi connectivity index (χ0) is 12.8. The fourth-order valence-corrected chi connectivity index (χ4v) is 2.01. The van der Waals surface area contributed by atoms with Gasteiger partial charge in [0.25, 0.3) is 5.91 Å². The SMILES string of the molecule is Cc1ccc(C(=O)NCCCC(=O)O)c(Br)c1. The highest BCUT2D eigenvalue weighted by molar-refractivity contribution is 9.10. The first-order valence-electron chi connectivity index (χ1n) is 5.27. The average molecular weight is 300 g/mol. The predicted octanol–water partition coefficient (Wildman–Crippen LogP) is 2.35. The molecule has 0 atom stereocenters. The molecular formula is C12H14BrNO3. The van der Waals surface area contributed by atoms with Crippen LogP contribution in [0.2, 0.25) is 0 Å². The number of carbonyl (C=O) groups is 2. The van der Waals surface area contributed by atoms with E-state index in [-0.39, 0.29) is 12.3 Å². The number of hydrogen-bond donors (Lipinski definition) is 2. The maximum atomic E-state index is 11.7. The minimum Gasteiger partial charge on any atom is -0.481 e. The molecule has 0 heterocycles. The molecule has 1 rings (SSSR count). The summed E-state index contributed by atoms with van der Waals surface area (Å²) in [4.78, 5) is 22.0. The van der Waals surface area contributed by atoms with Crippen LogP contribution in [-0.2, 0) is 4.79 Å². The molecule has 0 aliphatic rings. The van der Waals surface area contributed by atoms with Crippen molar-refractivity contribution < 1.29 is 14.7 Å². The molecule has 1 amide bonds. The second-order valence-electron chi connectivity index (χ2n) is 3.74. The molecule has 0 aliphatic heterocycles. The molecule has 0 aromatic heterocycles. The van der Waals surface area contributed by atoms with E-state index in [1.807, 2.05) is 19.1 Å². The molecule has 0 saturated heterocycles. The number of benzene rings is 1. The number of carboxylic acids is 1. The van der Waals surface area contributed by atoms with Crippen LogP contribution in [0.25, 0.3) is 0 Å². The third-order valence-electron chi connectivity index (χ3n) is 2.22. The summed E-state index contributed by atoms with van der Waals surface area (Å²) >= 11 is 3.32. The number of halogens is 1. The normalized spacial score (nSPS) is 10.0. The summed E-state index contributed by atoms with van der Waals surface area (Å²) in [5, 5.41) is 11.1. The van der Waals surface area contributed by atoms with Crippen molar-refractivity contribution in [3.05, 3.63) is 33.8 Å². The Morgan fingerprint density at radius 2 is 2.12 bits per heavy atom. The number of hydrogen-bond acceptors (Lipinski definition) is 2. The van der Waals surface area contributed by atoms with Gasteiger partial charge in [0.05, 0.1) is 5.56 Å². The first kappa shape index (κ1) is 13.7. The summed E-state index contributed by atoms with van der Waals surface area (Å²) in [6.45, 7) is 2.31. The van der Waals surface area contributed by atoms with E-state index in [1.54, 1.807) is 6.07 Å². The van der Waals surface area contributed by atoms with E-state index in [1.165, 1.54) is 0 Å². The Morgan fingerprint density at radius 1 is 1.41 bits per heavy atom. The maximum absolute atomic E-state index is 11.7. The van der Waals surface area contributed by atoms with E-state index < -0.39 is 5.97 Å². The Bertz CT molecular complexity index is 432. The Morgan fingerprint density at radius 3 is 2.71 bits per heavy atom. The number of carbonyl (C=O) groups excluding carboxylic acids is 1. The van der Waals surface area contributed by atoms with E-state index in [9.17, 15) is 9.59 Å². The molecule has 92 valence electrons. The zero-order valence-corrected chi connectivity index (χ0v) is 11.1. The maximum Gasteiger partial charge on any atom is 0.303 e. The van der Waals surface area contributed by atoms with Crippen molar-refractivity contribution in [1.82, 2.24) is 5.32 Å². The Labute approximate surface area is 108 Å². The summed E-state index contributed by atoms with van der Waals surface area (Å²) in [7, 11) is 0. The van der Waals surface area contributed by atoms with Crippen LogP contribution in [0.15, 0.2) is 22.7 Å². The molecule has 4 nitrogen and oxygen atoms in total. The van der Waals surface area contributed by atoms with Crippen LogP contribution in [0.1, 0.15) is 28.8 Å². The van der Waals surface area contributed by atoms with Gasteiger partial charge in [0.15, 0.2) is 0 Å². The fraction of sp³-hybridized carbons (Fsp3) is 0.333. The minimum absolute atomic E-state index is 0.0648. The van der Waals surface area contributed by atoms with Crippen LogP contribution < -0.4 is 5.32 Å². The highest BCUT2D eigenvalue weighted by Gasteiger charge is 2.09. The molecular weight excluding hydrogens is 286 g/mol. The second kappa shape index (κ2) is 6.39. The van der Waals surface area contributed by atoms with E-state index in [0.717, 1.165) is 10.0 Å². The quantitative estimate of drug-likeness (QED) is 0.820. The Kier molecular flexibility index (Phi) is 5.15. The minimum atomic E-state index is -0.851. The van der Waals surface area contributed by atoms with Gasteiger partial charge in [0.2, 0.25) is 0 Å². The number of nitrogens with one attached hydrogen (secondary N) is 1. The molecule has 0 saturated carbocycles.